The first-order valence-electron chi connectivity index (χ1n) is 10.8. The summed E-state index contributed by atoms with van der Waals surface area (Å²) in [5, 5.41) is 21.2. The quantitative estimate of drug-likeness (QED) is 0.361. The van der Waals surface area contributed by atoms with Gasteiger partial charge in [0, 0.05) is 12.1 Å². The van der Waals surface area contributed by atoms with Crippen molar-refractivity contribution in [3.63, 3.8) is 0 Å². The van der Waals surface area contributed by atoms with Crippen LogP contribution in [0, 0.1) is 6.92 Å². The Morgan fingerprint density at radius 1 is 1.00 bits per heavy atom. The molecule has 1 aliphatic heterocycles. The average molecular weight is 440 g/mol. The van der Waals surface area contributed by atoms with E-state index in [9.17, 15) is 19.8 Å². The van der Waals surface area contributed by atoms with E-state index in [1.807, 2.05) is 20.8 Å². The third-order valence-electron chi connectivity index (χ3n) is 5.35. The van der Waals surface area contributed by atoms with Gasteiger partial charge in [0.1, 0.15) is 11.5 Å². The summed E-state index contributed by atoms with van der Waals surface area (Å²) in [4.78, 5) is 27.3. The van der Waals surface area contributed by atoms with Crippen LogP contribution in [-0.4, -0.2) is 46.6 Å². The molecule has 2 N–H and O–H groups in total. The second-order valence-electron chi connectivity index (χ2n) is 7.57. The number of phenolic OH excluding ortho intramolecular Hbond substituents is 1. The Morgan fingerprint density at radius 3 is 2.31 bits per heavy atom. The summed E-state index contributed by atoms with van der Waals surface area (Å²) in [7, 11) is 0. The van der Waals surface area contributed by atoms with Gasteiger partial charge < -0.3 is 24.6 Å². The predicted molar refractivity (Wildman–Crippen MR) is 121 cm³/mol. The highest BCUT2D eigenvalue weighted by atomic mass is 16.5. The molecule has 0 bridgehead atoms. The molecule has 32 heavy (non-hydrogen) atoms. The van der Waals surface area contributed by atoms with Gasteiger partial charge in [0.15, 0.2) is 11.5 Å². The number of aliphatic hydroxyl groups excluding tert-OH is 1. The third kappa shape index (κ3) is 4.28. The molecule has 3 rings (SSSR count). The minimum Gasteiger partial charge on any atom is -0.507 e. The molecule has 1 heterocycles. The number of ether oxygens (including phenoxy) is 2. The number of carbonyl (C=O) groups is 2. The number of hydrogen-bond acceptors (Lipinski definition) is 6. The maximum Gasteiger partial charge on any atom is 0.295 e. The number of aliphatic hydroxyl groups is 1. The first-order chi connectivity index (χ1) is 15.3. The maximum absolute atomic E-state index is 13.0. The van der Waals surface area contributed by atoms with Crippen molar-refractivity contribution in [2.24, 2.45) is 0 Å². The molecule has 7 heteroatoms. The van der Waals surface area contributed by atoms with Crippen molar-refractivity contribution in [3.8, 4) is 17.2 Å². The lowest BCUT2D eigenvalue weighted by Gasteiger charge is -2.25. The number of aryl methyl sites for hydroxylation is 1. The zero-order valence-corrected chi connectivity index (χ0v) is 18.8. The Morgan fingerprint density at radius 2 is 1.69 bits per heavy atom. The summed E-state index contributed by atoms with van der Waals surface area (Å²) < 4.78 is 11.0. The molecule has 2 aromatic carbocycles. The van der Waals surface area contributed by atoms with Gasteiger partial charge in [0.25, 0.3) is 11.7 Å². The van der Waals surface area contributed by atoms with Crippen molar-refractivity contribution < 1.29 is 29.3 Å². The predicted octanol–water partition coefficient (Wildman–Crippen LogP) is 4.33. The molecule has 1 unspecified atom stereocenters. The summed E-state index contributed by atoms with van der Waals surface area (Å²) in [6.07, 6.45) is 0.641. The van der Waals surface area contributed by atoms with Crippen LogP contribution in [-0.2, 0) is 9.59 Å². The molecule has 1 saturated heterocycles. The molecule has 170 valence electrons. The fraction of sp³-hybridized carbons (Fsp3) is 0.360. The van der Waals surface area contributed by atoms with Crippen molar-refractivity contribution >= 4 is 17.4 Å². The Balaban J connectivity index is 2.17. The molecule has 2 aromatic rings. The van der Waals surface area contributed by atoms with E-state index in [-0.39, 0.29) is 22.8 Å². The normalized spacial score (nSPS) is 17.6. The molecule has 0 saturated carbocycles. The number of phenols is 1. The number of benzene rings is 2. The molecule has 1 atom stereocenters. The van der Waals surface area contributed by atoms with Gasteiger partial charge in [-0.25, -0.2) is 0 Å². The van der Waals surface area contributed by atoms with Crippen LogP contribution in [0.4, 0.5) is 0 Å². The largest absolute Gasteiger partial charge is 0.507 e. The van der Waals surface area contributed by atoms with Gasteiger partial charge in [-0.05, 0) is 68.7 Å². The van der Waals surface area contributed by atoms with Crippen molar-refractivity contribution in [1.29, 1.82) is 0 Å². The van der Waals surface area contributed by atoms with Crippen LogP contribution < -0.4 is 9.47 Å². The van der Waals surface area contributed by atoms with Gasteiger partial charge >= 0.3 is 0 Å². The molecule has 7 nitrogen and oxygen atoms in total. The van der Waals surface area contributed by atoms with Gasteiger partial charge in [-0.2, -0.15) is 0 Å². The molecular weight excluding hydrogens is 410 g/mol. The molecule has 1 fully saturated rings. The zero-order chi connectivity index (χ0) is 23.4. The number of likely N-dealkylation sites (tertiary alicyclic amines) is 1. The van der Waals surface area contributed by atoms with Gasteiger partial charge in [-0.1, -0.05) is 13.0 Å². The fourth-order valence-corrected chi connectivity index (χ4v) is 3.94. The van der Waals surface area contributed by atoms with Gasteiger partial charge in [-0.15, -0.1) is 0 Å². The molecule has 0 aromatic heterocycles. The van der Waals surface area contributed by atoms with E-state index in [0.717, 1.165) is 5.56 Å². The highest BCUT2D eigenvalue weighted by Gasteiger charge is 2.45. The van der Waals surface area contributed by atoms with E-state index >= 15 is 0 Å². The Labute approximate surface area is 187 Å². The second kappa shape index (κ2) is 9.77. The molecular formula is C25H29NO6. The lowest BCUT2D eigenvalue weighted by molar-refractivity contribution is -0.139. The SMILES string of the molecule is CCCN1C(=O)C(=O)/C(=C(\O)c2ccc(OCC)c(C)c2)C1c1ccc(O)c(OCC)c1. The van der Waals surface area contributed by atoms with E-state index in [1.54, 1.807) is 37.3 Å². The van der Waals surface area contributed by atoms with Crippen molar-refractivity contribution in [3.05, 3.63) is 58.7 Å². The van der Waals surface area contributed by atoms with Crippen LogP contribution in [0.5, 0.6) is 17.2 Å². The molecule has 0 radical (unpaired) electrons. The maximum atomic E-state index is 13.0. The Hall–Kier alpha value is -3.48. The van der Waals surface area contributed by atoms with E-state index in [1.165, 1.54) is 11.0 Å². The minimum atomic E-state index is -0.790. The van der Waals surface area contributed by atoms with Crippen molar-refractivity contribution in [2.45, 2.75) is 40.2 Å². The third-order valence-corrected chi connectivity index (χ3v) is 5.35. The number of amides is 1. The van der Waals surface area contributed by atoms with Crippen LogP contribution >= 0.6 is 0 Å². The number of hydrogen-bond donors (Lipinski definition) is 2. The minimum absolute atomic E-state index is 0.0140. The summed E-state index contributed by atoms with van der Waals surface area (Å²) in [6.45, 7) is 8.65. The number of ketones is 1. The van der Waals surface area contributed by atoms with Crippen molar-refractivity contribution in [2.75, 3.05) is 19.8 Å². The van der Waals surface area contributed by atoms with Crippen LogP contribution in [0.25, 0.3) is 5.76 Å². The molecule has 0 spiro atoms. The van der Waals surface area contributed by atoms with Crippen molar-refractivity contribution in [1.82, 2.24) is 4.90 Å². The van der Waals surface area contributed by atoms with Crippen LogP contribution in [0.15, 0.2) is 42.0 Å². The van der Waals surface area contributed by atoms with E-state index in [4.69, 9.17) is 9.47 Å². The summed E-state index contributed by atoms with van der Waals surface area (Å²) in [6, 6.07) is 9.05. The van der Waals surface area contributed by atoms with E-state index < -0.39 is 17.7 Å². The number of nitrogens with zero attached hydrogens (tertiary/aromatic N) is 1. The summed E-state index contributed by atoms with van der Waals surface area (Å²) in [5.74, 6) is -0.740. The van der Waals surface area contributed by atoms with Crippen LogP contribution in [0.3, 0.4) is 0 Å². The summed E-state index contributed by atoms with van der Waals surface area (Å²) >= 11 is 0. The second-order valence-corrected chi connectivity index (χ2v) is 7.57. The number of carbonyl (C=O) groups excluding carboxylic acids is 2. The number of rotatable bonds is 8. The Kier molecular flexibility index (Phi) is 7.08. The number of aromatic hydroxyl groups is 1. The fourth-order valence-electron chi connectivity index (χ4n) is 3.94. The lowest BCUT2D eigenvalue weighted by atomic mass is 9.94. The van der Waals surface area contributed by atoms with Gasteiger partial charge in [0.2, 0.25) is 0 Å². The van der Waals surface area contributed by atoms with Crippen LogP contribution in [0.1, 0.15) is 49.9 Å². The lowest BCUT2D eigenvalue weighted by Crippen LogP contribution is -2.30. The van der Waals surface area contributed by atoms with Crippen LogP contribution in [0.2, 0.25) is 0 Å². The highest BCUT2D eigenvalue weighted by Crippen LogP contribution is 2.42. The van der Waals surface area contributed by atoms with Gasteiger partial charge in [0.05, 0.1) is 24.8 Å². The number of Topliss-reactive ketones (excluding diaryl/α,β-unsaturated/α-hetero) is 1. The van der Waals surface area contributed by atoms with E-state index in [2.05, 4.69) is 0 Å². The molecule has 1 aliphatic rings. The average Bonchev–Trinajstić information content (AvgIpc) is 3.02. The van der Waals surface area contributed by atoms with E-state index in [0.29, 0.717) is 43.1 Å². The smallest absolute Gasteiger partial charge is 0.295 e. The zero-order valence-electron chi connectivity index (χ0n) is 18.8. The monoisotopic (exact) mass is 439 g/mol. The summed E-state index contributed by atoms with van der Waals surface area (Å²) in [5.41, 5.74) is 1.82. The first-order valence-corrected chi connectivity index (χ1v) is 10.8. The van der Waals surface area contributed by atoms with Gasteiger partial charge in [-0.3, -0.25) is 9.59 Å². The highest BCUT2D eigenvalue weighted by molar-refractivity contribution is 6.46. The molecule has 0 aliphatic carbocycles. The topological polar surface area (TPSA) is 96.3 Å². The molecule has 1 amide bonds. The standard InChI is InChI=1S/C25H29NO6/c1-5-12-26-22(16-8-10-18(27)20(14-16)32-7-3)21(24(29)25(26)30)23(28)17-9-11-19(31-6-2)15(4)13-17/h8-11,13-14,22,27-28H,5-7,12H2,1-4H3/b23-21-. The first kappa shape index (κ1) is 23.2. The Bertz CT molecular complexity index is 1060.